The van der Waals surface area contributed by atoms with Crippen molar-refractivity contribution in [1.82, 2.24) is 15.6 Å². The number of ether oxygens (including phenoxy) is 1. The second kappa shape index (κ2) is 7.79. The summed E-state index contributed by atoms with van der Waals surface area (Å²) in [6.07, 6.45) is 1.65. The summed E-state index contributed by atoms with van der Waals surface area (Å²) in [5.74, 6) is 0.517. The smallest absolute Gasteiger partial charge is 0.315 e. The van der Waals surface area contributed by atoms with Crippen LogP contribution in [-0.2, 0) is 6.54 Å². The summed E-state index contributed by atoms with van der Waals surface area (Å²) in [5.41, 5.74) is 1.86. The molecule has 0 fully saturated rings. The van der Waals surface area contributed by atoms with Crippen molar-refractivity contribution in [2.75, 3.05) is 7.11 Å². The predicted molar refractivity (Wildman–Crippen MR) is 88.7 cm³/mol. The van der Waals surface area contributed by atoms with Gasteiger partial charge in [-0.1, -0.05) is 34.1 Å². The Morgan fingerprint density at radius 3 is 2.91 bits per heavy atom. The van der Waals surface area contributed by atoms with Crippen LogP contribution in [0.15, 0.2) is 47.1 Å². The molecule has 1 heterocycles. The molecule has 2 aromatic rings. The molecule has 0 saturated carbocycles. The molecular weight excluding hydrogens is 346 g/mol. The maximum atomic E-state index is 12.0. The number of nitrogens with zero attached hydrogens (tertiary/aromatic N) is 1. The van der Waals surface area contributed by atoms with Crippen LogP contribution in [-0.4, -0.2) is 18.1 Å². The van der Waals surface area contributed by atoms with Crippen LogP contribution in [0.2, 0.25) is 0 Å². The SMILES string of the molecule is COc1ncccc1CNC(=O)NC(C)c1cccc(Br)c1. The Balaban J connectivity index is 1.90. The molecule has 0 saturated heterocycles. The van der Waals surface area contributed by atoms with Crippen LogP contribution in [0.3, 0.4) is 0 Å². The summed E-state index contributed by atoms with van der Waals surface area (Å²) in [5, 5.41) is 5.71. The molecule has 0 aliphatic heterocycles. The van der Waals surface area contributed by atoms with E-state index in [2.05, 4.69) is 31.5 Å². The van der Waals surface area contributed by atoms with Gasteiger partial charge in [0.2, 0.25) is 5.88 Å². The third kappa shape index (κ3) is 4.46. The van der Waals surface area contributed by atoms with Gasteiger partial charge in [-0.3, -0.25) is 0 Å². The van der Waals surface area contributed by atoms with Gasteiger partial charge in [-0.05, 0) is 30.7 Å². The number of halogens is 1. The summed E-state index contributed by atoms with van der Waals surface area (Å²) < 4.78 is 6.14. The Morgan fingerprint density at radius 1 is 1.36 bits per heavy atom. The van der Waals surface area contributed by atoms with Crippen molar-refractivity contribution in [3.8, 4) is 5.88 Å². The van der Waals surface area contributed by atoms with Crippen LogP contribution in [0.25, 0.3) is 0 Å². The molecule has 116 valence electrons. The van der Waals surface area contributed by atoms with E-state index in [1.807, 2.05) is 43.3 Å². The van der Waals surface area contributed by atoms with Crippen molar-refractivity contribution in [1.29, 1.82) is 0 Å². The highest BCUT2D eigenvalue weighted by molar-refractivity contribution is 9.10. The lowest BCUT2D eigenvalue weighted by Crippen LogP contribution is -2.36. The summed E-state index contributed by atoms with van der Waals surface area (Å²) >= 11 is 3.42. The van der Waals surface area contributed by atoms with E-state index in [1.165, 1.54) is 0 Å². The molecule has 1 aromatic heterocycles. The Hall–Kier alpha value is -2.08. The van der Waals surface area contributed by atoms with Crippen LogP contribution in [0.4, 0.5) is 4.79 Å². The molecule has 0 aliphatic carbocycles. The van der Waals surface area contributed by atoms with Crippen molar-refractivity contribution in [2.24, 2.45) is 0 Å². The molecule has 2 amide bonds. The highest BCUT2D eigenvalue weighted by Gasteiger charge is 2.10. The van der Waals surface area contributed by atoms with Gasteiger partial charge in [0.15, 0.2) is 0 Å². The standard InChI is InChI=1S/C16H18BrN3O2/c1-11(12-5-3-7-14(17)9-12)20-16(21)19-10-13-6-4-8-18-15(13)22-2/h3-9,11H,10H2,1-2H3,(H2,19,20,21). The topological polar surface area (TPSA) is 63.2 Å². The second-order valence-corrected chi connectivity index (χ2v) is 5.69. The highest BCUT2D eigenvalue weighted by Crippen LogP contribution is 2.18. The first-order valence-electron chi connectivity index (χ1n) is 6.88. The minimum Gasteiger partial charge on any atom is -0.481 e. The van der Waals surface area contributed by atoms with E-state index in [-0.39, 0.29) is 12.1 Å². The van der Waals surface area contributed by atoms with E-state index in [4.69, 9.17) is 4.74 Å². The van der Waals surface area contributed by atoms with Gasteiger partial charge in [0, 0.05) is 22.8 Å². The lowest BCUT2D eigenvalue weighted by atomic mass is 10.1. The van der Waals surface area contributed by atoms with E-state index in [0.717, 1.165) is 15.6 Å². The zero-order valence-electron chi connectivity index (χ0n) is 12.5. The van der Waals surface area contributed by atoms with E-state index in [9.17, 15) is 4.79 Å². The van der Waals surface area contributed by atoms with Gasteiger partial charge >= 0.3 is 6.03 Å². The third-order valence-corrected chi connectivity index (χ3v) is 3.67. The van der Waals surface area contributed by atoms with E-state index < -0.39 is 0 Å². The fourth-order valence-electron chi connectivity index (χ4n) is 2.02. The van der Waals surface area contributed by atoms with Crippen molar-refractivity contribution >= 4 is 22.0 Å². The number of carbonyl (C=O) groups is 1. The lowest BCUT2D eigenvalue weighted by Gasteiger charge is -2.15. The number of urea groups is 1. The predicted octanol–water partition coefficient (Wildman–Crippen LogP) is 3.41. The number of methoxy groups -OCH3 is 1. The molecule has 0 spiro atoms. The van der Waals surface area contributed by atoms with E-state index in [1.54, 1.807) is 13.3 Å². The molecule has 0 radical (unpaired) electrons. The van der Waals surface area contributed by atoms with Crippen molar-refractivity contribution in [3.63, 3.8) is 0 Å². The van der Waals surface area contributed by atoms with Crippen LogP contribution in [0, 0.1) is 0 Å². The zero-order chi connectivity index (χ0) is 15.9. The van der Waals surface area contributed by atoms with E-state index >= 15 is 0 Å². The van der Waals surface area contributed by atoms with Crippen molar-refractivity contribution < 1.29 is 9.53 Å². The quantitative estimate of drug-likeness (QED) is 0.855. The number of carbonyl (C=O) groups excluding carboxylic acids is 1. The number of rotatable bonds is 5. The summed E-state index contributed by atoms with van der Waals surface area (Å²) in [7, 11) is 1.56. The summed E-state index contributed by atoms with van der Waals surface area (Å²) in [6, 6.07) is 11.2. The van der Waals surface area contributed by atoms with Crippen LogP contribution in [0.5, 0.6) is 5.88 Å². The van der Waals surface area contributed by atoms with Gasteiger partial charge in [0.25, 0.3) is 0 Å². The molecule has 1 atom stereocenters. The Morgan fingerprint density at radius 2 is 2.18 bits per heavy atom. The number of pyridine rings is 1. The van der Waals surface area contributed by atoms with Crippen LogP contribution >= 0.6 is 15.9 Å². The largest absolute Gasteiger partial charge is 0.481 e. The normalized spacial score (nSPS) is 11.6. The molecule has 6 heteroatoms. The number of nitrogens with one attached hydrogen (secondary N) is 2. The number of amides is 2. The Bertz CT molecular complexity index is 649. The third-order valence-electron chi connectivity index (χ3n) is 3.18. The minimum atomic E-state index is -0.238. The first-order valence-corrected chi connectivity index (χ1v) is 7.67. The van der Waals surface area contributed by atoms with E-state index in [0.29, 0.717) is 12.4 Å². The number of hydrogen-bond donors (Lipinski definition) is 2. The molecule has 0 aliphatic rings. The molecule has 22 heavy (non-hydrogen) atoms. The number of aromatic nitrogens is 1. The van der Waals surface area contributed by atoms with Crippen LogP contribution in [0.1, 0.15) is 24.1 Å². The van der Waals surface area contributed by atoms with Crippen molar-refractivity contribution in [2.45, 2.75) is 19.5 Å². The molecular formula is C16H18BrN3O2. The van der Waals surface area contributed by atoms with Gasteiger partial charge in [0.05, 0.1) is 13.2 Å². The first kappa shape index (κ1) is 16.3. The maximum absolute atomic E-state index is 12.0. The molecule has 2 rings (SSSR count). The number of hydrogen-bond acceptors (Lipinski definition) is 3. The average molecular weight is 364 g/mol. The molecule has 1 aromatic carbocycles. The molecule has 2 N–H and O–H groups in total. The van der Waals surface area contributed by atoms with Gasteiger partial charge in [-0.2, -0.15) is 0 Å². The maximum Gasteiger partial charge on any atom is 0.315 e. The fourth-order valence-corrected chi connectivity index (χ4v) is 2.44. The van der Waals surface area contributed by atoms with Gasteiger partial charge in [-0.25, -0.2) is 9.78 Å². The second-order valence-electron chi connectivity index (χ2n) is 4.78. The van der Waals surface area contributed by atoms with Crippen LogP contribution < -0.4 is 15.4 Å². The summed E-state index contributed by atoms with van der Waals surface area (Å²) in [6.45, 7) is 2.29. The lowest BCUT2D eigenvalue weighted by molar-refractivity contribution is 0.237. The monoisotopic (exact) mass is 363 g/mol. The number of benzene rings is 1. The van der Waals surface area contributed by atoms with Gasteiger partial charge in [-0.15, -0.1) is 0 Å². The highest BCUT2D eigenvalue weighted by atomic mass is 79.9. The molecule has 1 unspecified atom stereocenters. The summed E-state index contributed by atoms with van der Waals surface area (Å²) in [4.78, 5) is 16.1. The Labute approximate surface area is 138 Å². The average Bonchev–Trinajstić information content (AvgIpc) is 2.53. The van der Waals surface area contributed by atoms with Gasteiger partial charge in [0.1, 0.15) is 0 Å². The van der Waals surface area contributed by atoms with Crippen molar-refractivity contribution in [3.05, 3.63) is 58.2 Å². The zero-order valence-corrected chi connectivity index (χ0v) is 14.1. The molecule has 5 nitrogen and oxygen atoms in total. The molecule has 0 bridgehead atoms. The van der Waals surface area contributed by atoms with Gasteiger partial charge < -0.3 is 15.4 Å². The fraction of sp³-hybridized carbons (Fsp3) is 0.250. The first-order chi connectivity index (χ1) is 10.6. The minimum absolute atomic E-state index is 0.0895. The Kier molecular flexibility index (Phi) is 5.77.